The maximum atomic E-state index is 2.81. The topological polar surface area (TPSA) is 6.48 Å². The monoisotopic (exact) mass is 676 g/mol. The fourth-order valence-electron chi connectivity index (χ4n) is 8.75. The number of nitrogens with zero attached hydrogens (tertiary/aromatic N) is 2. The van der Waals surface area contributed by atoms with E-state index in [0.29, 0.717) is 11.8 Å². The largest absolute Gasteiger partial charge is 0.338 e. The molecule has 4 aromatic carbocycles. The van der Waals surface area contributed by atoms with Gasteiger partial charge in [0.05, 0.1) is 11.4 Å². The minimum absolute atomic E-state index is 0.0182. The van der Waals surface area contributed by atoms with Gasteiger partial charge in [0.1, 0.15) is 0 Å². The lowest BCUT2D eigenvalue weighted by molar-refractivity contribution is 0.302. The molecule has 51 heavy (non-hydrogen) atoms. The molecule has 0 spiro atoms. The molecule has 2 aliphatic rings. The zero-order valence-electron chi connectivity index (χ0n) is 33.1. The van der Waals surface area contributed by atoms with Crippen molar-refractivity contribution in [1.82, 2.24) is 0 Å². The van der Waals surface area contributed by atoms with Crippen LogP contribution in [-0.2, 0) is 5.41 Å². The van der Waals surface area contributed by atoms with Gasteiger partial charge in [0.25, 0.3) is 0 Å². The minimum atomic E-state index is -0.0790. The first-order valence-electron chi connectivity index (χ1n) is 19.3. The van der Waals surface area contributed by atoms with Gasteiger partial charge in [-0.1, -0.05) is 153 Å². The molecule has 1 fully saturated rings. The molecule has 4 aromatic rings. The summed E-state index contributed by atoms with van der Waals surface area (Å²) in [6, 6.07) is 38.3. The van der Waals surface area contributed by atoms with Crippen molar-refractivity contribution >= 4 is 22.8 Å². The number of para-hydroxylation sites is 1. The summed E-state index contributed by atoms with van der Waals surface area (Å²) in [5.41, 5.74) is 14.4. The van der Waals surface area contributed by atoms with Crippen molar-refractivity contribution in [3.8, 4) is 0 Å². The summed E-state index contributed by atoms with van der Waals surface area (Å²) in [5, 5.41) is 0. The maximum absolute atomic E-state index is 2.81. The highest BCUT2D eigenvalue weighted by Gasteiger charge is 2.53. The molecule has 0 bridgehead atoms. The van der Waals surface area contributed by atoms with Crippen LogP contribution in [0.2, 0.25) is 0 Å². The predicted octanol–water partition coefficient (Wildman–Crippen LogP) is 13.9. The number of allylic oxidation sites excluding steroid dienone is 4. The first-order valence-corrected chi connectivity index (χ1v) is 19.3. The highest BCUT2D eigenvalue weighted by molar-refractivity contribution is 6.00. The summed E-state index contributed by atoms with van der Waals surface area (Å²) >= 11 is 0. The molecule has 2 nitrogen and oxygen atoms in total. The summed E-state index contributed by atoms with van der Waals surface area (Å²) in [6.07, 6.45) is 8.30. The van der Waals surface area contributed by atoms with Crippen molar-refractivity contribution in [2.45, 2.75) is 118 Å². The average molecular weight is 677 g/mol. The zero-order chi connectivity index (χ0) is 36.7. The summed E-state index contributed by atoms with van der Waals surface area (Å²) in [7, 11) is 0. The Hall–Kier alpha value is -4.30. The van der Waals surface area contributed by atoms with E-state index in [-0.39, 0.29) is 16.4 Å². The van der Waals surface area contributed by atoms with Crippen LogP contribution in [0, 0.1) is 5.41 Å². The Morgan fingerprint density at radius 3 is 1.51 bits per heavy atom. The molecule has 2 aliphatic heterocycles. The molecule has 0 saturated carbocycles. The Labute approximate surface area is 309 Å². The van der Waals surface area contributed by atoms with Gasteiger partial charge in [-0.05, 0) is 108 Å². The fourth-order valence-corrected chi connectivity index (χ4v) is 8.75. The van der Waals surface area contributed by atoms with E-state index in [9.17, 15) is 0 Å². The Balaban J connectivity index is 1.74. The second-order valence-electron chi connectivity index (χ2n) is 17.1. The third-order valence-corrected chi connectivity index (χ3v) is 11.5. The van der Waals surface area contributed by atoms with E-state index in [1.54, 1.807) is 0 Å². The second kappa shape index (κ2) is 14.0. The lowest BCUT2D eigenvalue weighted by Crippen LogP contribution is -2.39. The first-order chi connectivity index (χ1) is 24.2. The van der Waals surface area contributed by atoms with E-state index in [1.165, 1.54) is 61.9 Å². The van der Waals surface area contributed by atoms with Crippen LogP contribution in [0.15, 0.2) is 127 Å². The summed E-state index contributed by atoms with van der Waals surface area (Å²) < 4.78 is 0. The van der Waals surface area contributed by atoms with Gasteiger partial charge in [-0.3, -0.25) is 0 Å². The van der Waals surface area contributed by atoms with Crippen molar-refractivity contribution in [2.75, 3.05) is 9.80 Å². The zero-order valence-corrected chi connectivity index (χ0v) is 33.1. The molecule has 0 aromatic heterocycles. The molecule has 0 radical (unpaired) electrons. The summed E-state index contributed by atoms with van der Waals surface area (Å²) in [4.78, 5) is 5.30. The van der Waals surface area contributed by atoms with Gasteiger partial charge in [-0.25, -0.2) is 0 Å². The van der Waals surface area contributed by atoms with Crippen molar-refractivity contribution < 1.29 is 0 Å². The SMILES string of the molecule is CCC1(CC)CC(C)(C)N(c2c(C(C)C)cccc2C(C)C)C1=C1C=C(c2ccccc2)N(c2ccc(C(C)(C)C)cc2)C(c2ccccc2)=C1. The third kappa shape index (κ3) is 6.75. The first kappa shape index (κ1) is 36.5. The number of rotatable bonds is 8. The van der Waals surface area contributed by atoms with E-state index in [2.05, 4.69) is 201 Å². The maximum Gasteiger partial charge on any atom is 0.0540 e. The van der Waals surface area contributed by atoms with E-state index in [4.69, 9.17) is 0 Å². The molecule has 266 valence electrons. The van der Waals surface area contributed by atoms with Gasteiger partial charge in [0, 0.05) is 28.0 Å². The molecule has 0 atom stereocenters. The van der Waals surface area contributed by atoms with Gasteiger partial charge < -0.3 is 9.80 Å². The quantitative estimate of drug-likeness (QED) is 0.183. The van der Waals surface area contributed by atoms with Crippen LogP contribution in [-0.4, -0.2) is 5.54 Å². The van der Waals surface area contributed by atoms with Crippen LogP contribution in [0.25, 0.3) is 11.4 Å². The molecule has 1 saturated heterocycles. The Morgan fingerprint density at radius 2 is 1.10 bits per heavy atom. The summed E-state index contributed by atoms with van der Waals surface area (Å²) in [5.74, 6) is 0.811. The van der Waals surface area contributed by atoms with Crippen molar-refractivity contribution in [3.05, 3.63) is 154 Å². The normalized spacial score (nSPS) is 17.4. The number of hydrogen-bond donors (Lipinski definition) is 0. The molecular weight excluding hydrogens is 617 g/mol. The van der Waals surface area contributed by atoms with E-state index in [0.717, 1.165) is 19.3 Å². The van der Waals surface area contributed by atoms with Crippen LogP contribution >= 0.6 is 0 Å². The fraction of sp³-hybridized carbons (Fsp3) is 0.388. The number of anilines is 2. The van der Waals surface area contributed by atoms with Crippen molar-refractivity contribution in [2.24, 2.45) is 5.41 Å². The smallest absolute Gasteiger partial charge is 0.0540 e. The Morgan fingerprint density at radius 1 is 0.627 bits per heavy atom. The van der Waals surface area contributed by atoms with Gasteiger partial charge in [-0.15, -0.1) is 0 Å². The van der Waals surface area contributed by atoms with Gasteiger partial charge in [0.15, 0.2) is 0 Å². The van der Waals surface area contributed by atoms with Crippen LogP contribution < -0.4 is 9.80 Å². The Kier molecular flexibility index (Phi) is 10.0. The number of hydrogen-bond acceptors (Lipinski definition) is 2. The predicted molar refractivity (Wildman–Crippen MR) is 222 cm³/mol. The van der Waals surface area contributed by atoms with Crippen LogP contribution in [0.4, 0.5) is 11.4 Å². The Bertz CT molecular complexity index is 1840. The van der Waals surface area contributed by atoms with E-state index < -0.39 is 0 Å². The minimum Gasteiger partial charge on any atom is -0.338 e. The lowest BCUT2D eigenvalue weighted by atomic mass is 9.74. The molecule has 0 N–H and O–H groups in total. The van der Waals surface area contributed by atoms with E-state index >= 15 is 0 Å². The van der Waals surface area contributed by atoms with Gasteiger partial charge in [-0.2, -0.15) is 0 Å². The van der Waals surface area contributed by atoms with Crippen molar-refractivity contribution in [1.29, 1.82) is 0 Å². The van der Waals surface area contributed by atoms with Crippen LogP contribution in [0.3, 0.4) is 0 Å². The number of benzene rings is 4. The molecule has 6 rings (SSSR count). The standard InChI is InChI=1S/C49H60N2/c1-12-49(13-2)33-48(10,11)51(45-41(34(3)4)25-20-26-42(45)35(5)6)46(49)38-31-43(36-21-16-14-17-22-36)50(44(32-38)37-23-18-15-19-24-37)40-29-27-39(28-30-40)47(7,8)9/h14-32,34-35H,12-13,33H2,1-11H3. The highest BCUT2D eigenvalue weighted by Crippen LogP contribution is 2.59. The third-order valence-electron chi connectivity index (χ3n) is 11.5. The molecule has 2 heterocycles. The summed E-state index contributed by atoms with van der Waals surface area (Å²) in [6.45, 7) is 26.1. The van der Waals surface area contributed by atoms with Gasteiger partial charge in [0.2, 0.25) is 0 Å². The average Bonchev–Trinajstić information content (AvgIpc) is 3.37. The molecule has 0 aliphatic carbocycles. The molecular formula is C49H60N2. The van der Waals surface area contributed by atoms with E-state index in [1.807, 2.05) is 0 Å². The van der Waals surface area contributed by atoms with Crippen LogP contribution in [0.5, 0.6) is 0 Å². The second-order valence-corrected chi connectivity index (χ2v) is 17.1. The van der Waals surface area contributed by atoms with Crippen molar-refractivity contribution in [3.63, 3.8) is 0 Å². The molecule has 0 amide bonds. The lowest BCUT2D eigenvalue weighted by Gasteiger charge is -2.41. The van der Waals surface area contributed by atoms with Crippen LogP contribution in [0.1, 0.15) is 135 Å². The molecule has 2 heteroatoms. The highest BCUT2D eigenvalue weighted by atomic mass is 15.3. The van der Waals surface area contributed by atoms with Gasteiger partial charge >= 0.3 is 0 Å². The molecule has 0 unspecified atom stereocenters.